The third-order valence-corrected chi connectivity index (χ3v) is 4.84. The lowest BCUT2D eigenvalue weighted by atomic mass is 10.0. The zero-order valence-electron chi connectivity index (χ0n) is 14.9. The standard InChI is InChI=1S/C22H21N3O/c1-14-6-5-9-19-21(14)24-20(25-22(19)26)13-23-15(2)17-11-10-16-7-3-4-8-18(16)12-17/h3-12,15,23H,13H2,1-2H3,(H,24,25,26). The van der Waals surface area contributed by atoms with Crippen LogP contribution in [0.3, 0.4) is 0 Å². The molecule has 0 spiro atoms. The minimum atomic E-state index is -0.0890. The lowest BCUT2D eigenvalue weighted by Crippen LogP contribution is -2.22. The Morgan fingerprint density at radius 2 is 1.85 bits per heavy atom. The van der Waals surface area contributed by atoms with Gasteiger partial charge in [0.05, 0.1) is 17.4 Å². The summed E-state index contributed by atoms with van der Waals surface area (Å²) in [6.45, 7) is 4.60. The average Bonchev–Trinajstić information content (AvgIpc) is 2.66. The molecule has 0 aliphatic carbocycles. The molecule has 0 radical (unpaired) electrons. The maximum atomic E-state index is 12.3. The number of para-hydroxylation sites is 1. The highest BCUT2D eigenvalue weighted by Crippen LogP contribution is 2.20. The maximum absolute atomic E-state index is 12.3. The van der Waals surface area contributed by atoms with E-state index >= 15 is 0 Å². The minimum absolute atomic E-state index is 0.0890. The summed E-state index contributed by atoms with van der Waals surface area (Å²) < 4.78 is 0. The van der Waals surface area contributed by atoms with Crippen LogP contribution in [0, 0.1) is 6.92 Å². The van der Waals surface area contributed by atoms with Crippen LogP contribution in [0.5, 0.6) is 0 Å². The molecular weight excluding hydrogens is 322 g/mol. The third kappa shape index (κ3) is 3.11. The van der Waals surface area contributed by atoms with E-state index in [1.54, 1.807) is 0 Å². The van der Waals surface area contributed by atoms with Crippen molar-refractivity contribution < 1.29 is 0 Å². The number of aromatic amines is 1. The highest BCUT2D eigenvalue weighted by molar-refractivity contribution is 5.83. The second kappa shape index (κ2) is 6.73. The van der Waals surface area contributed by atoms with Crippen LogP contribution < -0.4 is 10.9 Å². The Labute approximate surface area is 151 Å². The molecule has 1 heterocycles. The molecule has 0 aliphatic rings. The van der Waals surface area contributed by atoms with Gasteiger partial charge in [0.2, 0.25) is 0 Å². The fraction of sp³-hybridized carbons (Fsp3) is 0.182. The lowest BCUT2D eigenvalue weighted by Gasteiger charge is -2.15. The summed E-state index contributed by atoms with van der Waals surface area (Å²) in [6.07, 6.45) is 0. The first-order valence-corrected chi connectivity index (χ1v) is 8.82. The van der Waals surface area contributed by atoms with E-state index in [0.717, 1.165) is 11.1 Å². The normalized spacial score (nSPS) is 12.5. The molecule has 26 heavy (non-hydrogen) atoms. The number of aromatic nitrogens is 2. The molecule has 130 valence electrons. The molecule has 0 saturated heterocycles. The molecule has 0 saturated carbocycles. The largest absolute Gasteiger partial charge is 0.309 e. The molecule has 4 aromatic rings. The first-order chi connectivity index (χ1) is 12.6. The van der Waals surface area contributed by atoms with E-state index in [9.17, 15) is 4.79 Å². The van der Waals surface area contributed by atoms with Crippen LogP contribution >= 0.6 is 0 Å². The van der Waals surface area contributed by atoms with Crippen LogP contribution in [0.25, 0.3) is 21.7 Å². The molecule has 1 aromatic heterocycles. The van der Waals surface area contributed by atoms with E-state index < -0.39 is 0 Å². The summed E-state index contributed by atoms with van der Waals surface area (Å²) >= 11 is 0. The molecule has 3 aromatic carbocycles. The summed E-state index contributed by atoms with van der Waals surface area (Å²) in [7, 11) is 0. The predicted molar refractivity (Wildman–Crippen MR) is 106 cm³/mol. The van der Waals surface area contributed by atoms with Gasteiger partial charge < -0.3 is 10.3 Å². The van der Waals surface area contributed by atoms with Gasteiger partial charge in [0, 0.05) is 6.04 Å². The van der Waals surface area contributed by atoms with Crippen LogP contribution in [0.2, 0.25) is 0 Å². The molecule has 4 heteroatoms. The van der Waals surface area contributed by atoms with Crippen molar-refractivity contribution in [3.63, 3.8) is 0 Å². The number of fused-ring (bicyclic) bond motifs is 2. The monoisotopic (exact) mass is 343 g/mol. The van der Waals surface area contributed by atoms with Gasteiger partial charge in [-0.3, -0.25) is 4.79 Å². The third-order valence-electron chi connectivity index (χ3n) is 4.84. The zero-order chi connectivity index (χ0) is 18.1. The van der Waals surface area contributed by atoms with Crippen molar-refractivity contribution in [3.05, 3.63) is 88.0 Å². The Kier molecular flexibility index (Phi) is 4.27. The minimum Gasteiger partial charge on any atom is -0.309 e. The van der Waals surface area contributed by atoms with Gasteiger partial charge in [0.15, 0.2) is 0 Å². The lowest BCUT2D eigenvalue weighted by molar-refractivity contribution is 0.560. The molecule has 1 atom stereocenters. The summed E-state index contributed by atoms with van der Waals surface area (Å²) in [6, 6.07) is 20.6. The second-order valence-corrected chi connectivity index (χ2v) is 6.69. The van der Waals surface area contributed by atoms with Crippen LogP contribution in [0.4, 0.5) is 0 Å². The Morgan fingerprint density at radius 3 is 2.69 bits per heavy atom. The Hall–Kier alpha value is -2.98. The van der Waals surface area contributed by atoms with E-state index in [0.29, 0.717) is 17.8 Å². The first kappa shape index (κ1) is 16.5. The van der Waals surface area contributed by atoms with Crippen molar-refractivity contribution in [1.82, 2.24) is 15.3 Å². The Bertz CT molecular complexity index is 1150. The Morgan fingerprint density at radius 1 is 1.04 bits per heavy atom. The number of hydrogen-bond acceptors (Lipinski definition) is 3. The first-order valence-electron chi connectivity index (χ1n) is 8.82. The van der Waals surface area contributed by atoms with Crippen molar-refractivity contribution >= 4 is 21.7 Å². The predicted octanol–water partition coefficient (Wildman–Crippen LogP) is 4.24. The number of nitrogens with one attached hydrogen (secondary N) is 2. The number of benzene rings is 3. The topological polar surface area (TPSA) is 57.8 Å². The van der Waals surface area contributed by atoms with E-state index in [-0.39, 0.29) is 11.6 Å². The van der Waals surface area contributed by atoms with Crippen LogP contribution in [-0.4, -0.2) is 9.97 Å². The van der Waals surface area contributed by atoms with Gasteiger partial charge in [0.1, 0.15) is 5.82 Å². The van der Waals surface area contributed by atoms with E-state index in [2.05, 4.69) is 58.6 Å². The number of H-pyrrole nitrogens is 1. The van der Waals surface area contributed by atoms with E-state index in [4.69, 9.17) is 0 Å². The molecule has 0 amide bonds. The summed E-state index contributed by atoms with van der Waals surface area (Å²) in [5.41, 5.74) is 2.90. The second-order valence-electron chi connectivity index (χ2n) is 6.69. The summed E-state index contributed by atoms with van der Waals surface area (Å²) in [5.74, 6) is 0.657. The molecule has 2 N–H and O–H groups in total. The van der Waals surface area contributed by atoms with E-state index in [1.165, 1.54) is 16.3 Å². The molecule has 4 rings (SSSR count). The van der Waals surface area contributed by atoms with E-state index in [1.807, 2.05) is 31.2 Å². The molecule has 4 nitrogen and oxygen atoms in total. The molecule has 0 aliphatic heterocycles. The summed E-state index contributed by atoms with van der Waals surface area (Å²) in [5, 5.41) is 6.56. The van der Waals surface area contributed by atoms with Crippen molar-refractivity contribution in [2.75, 3.05) is 0 Å². The van der Waals surface area contributed by atoms with Crippen LogP contribution in [0.1, 0.15) is 29.9 Å². The van der Waals surface area contributed by atoms with Gasteiger partial charge in [-0.25, -0.2) is 4.98 Å². The van der Waals surface area contributed by atoms with Gasteiger partial charge in [0.25, 0.3) is 5.56 Å². The quantitative estimate of drug-likeness (QED) is 0.583. The molecule has 0 fully saturated rings. The zero-order valence-corrected chi connectivity index (χ0v) is 14.9. The van der Waals surface area contributed by atoms with Crippen LogP contribution in [0.15, 0.2) is 65.5 Å². The fourth-order valence-corrected chi connectivity index (χ4v) is 3.28. The summed E-state index contributed by atoms with van der Waals surface area (Å²) in [4.78, 5) is 19.8. The fourth-order valence-electron chi connectivity index (χ4n) is 3.28. The highest BCUT2D eigenvalue weighted by Gasteiger charge is 2.09. The SMILES string of the molecule is Cc1cccc2c(=O)[nH]c(CNC(C)c3ccc4ccccc4c3)nc12. The molecule has 1 unspecified atom stereocenters. The van der Waals surface area contributed by atoms with Gasteiger partial charge in [-0.05, 0) is 47.9 Å². The van der Waals surface area contributed by atoms with Gasteiger partial charge in [-0.1, -0.05) is 48.5 Å². The maximum Gasteiger partial charge on any atom is 0.258 e. The number of nitrogens with zero attached hydrogens (tertiary/aromatic N) is 1. The van der Waals surface area contributed by atoms with Gasteiger partial charge >= 0.3 is 0 Å². The van der Waals surface area contributed by atoms with Crippen molar-refractivity contribution in [3.8, 4) is 0 Å². The van der Waals surface area contributed by atoms with Crippen molar-refractivity contribution in [2.24, 2.45) is 0 Å². The van der Waals surface area contributed by atoms with Crippen molar-refractivity contribution in [2.45, 2.75) is 26.4 Å². The Balaban J connectivity index is 1.57. The van der Waals surface area contributed by atoms with Crippen LogP contribution in [-0.2, 0) is 6.54 Å². The number of rotatable bonds is 4. The van der Waals surface area contributed by atoms with Crippen molar-refractivity contribution in [1.29, 1.82) is 0 Å². The highest BCUT2D eigenvalue weighted by atomic mass is 16.1. The van der Waals surface area contributed by atoms with Gasteiger partial charge in [-0.15, -0.1) is 0 Å². The molecule has 0 bridgehead atoms. The number of hydrogen-bond donors (Lipinski definition) is 2. The number of aryl methyl sites for hydroxylation is 1. The van der Waals surface area contributed by atoms with Gasteiger partial charge in [-0.2, -0.15) is 0 Å². The molecular formula is C22H21N3O. The average molecular weight is 343 g/mol. The smallest absolute Gasteiger partial charge is 0.258 e.